The minimum Gasteiger partial charge on any atom is -0.269 e. The van der Waals surface area contributed by atoms with Crippen LogP contribution in [0.1, 0.15) is 40.0 Å². The number of halogens is 1. The molecule has 0 saturated heterocycles. The minimum atomic E-state index is -0.550. The number of carbonyl (C=O) groups excluding carboxylic acids is 1. The topological polar surface area (TPSA) is 94.2 Å². The number of aromatic nitrogens is 3. The summed E-state index contributed by atoms with van der Waals surface area (Å²) < 4.78 is 1.66. The number of hydrogen-bond donors (Lipinski definition) is 0. The monoisotopic (exact) mass is 459 g/mol. The second-order valence-corrected chi connectivity index (χ2v) is 8.06. The van der Waals surface area contributed by atoms with E-state index in [2.05, 4.69) is 10.1 Å². The van der Waals surface area contributed by atoms with Crippen LogP contribution in [0.4, 0.5) is 11.6 Å². The lowest BCUT2D eigenvalue weighted by atomic mass is 9.91. The molecule has 8 nitrogen and oxygen atoms in total. The van der Waals surface area contributed by atoms with Gasteiger partial charge >= 0.3 is 0 Å². The summed E-state index contributed by atoms with van der Waals surface area (Å²) in [6, 6.07) is 22.3. The first-order chi connectivity index (χ1) is 16.1. The molecule has 1 aliphatic rings. The van der Waals surface area contributed by atoms with Gasteiger partial charge in [0.25, 0.3) is 11.6 Å². The molecule has 0 bridgehead atoms. The molecule has 9 heteroatoms. The van der Waals surface area contributed by atoms with Crippen molar-refractivity contribution in [3.8, 4) is 0 Å². The van der Waals surface area contributed by atoms with Gasteiger partial charge < -0.3 is 0 Å². The van der Waals surface area contributed by atoms with Crippen molar-refractivity contribution in [3.63, 3.8) is 0 Å². The molecular weight excluding hydrogens is 442 g/mol. The average Bonchev–Trinajstić information content (AvgIpc) is 3.33. The fraction of sp³-hybridized carbons (Fsp3) is 0.125. The molecule has 4 aromatic rings. The molecule has 0 aliphatic carbocycles. The molecule has 3 aromatic carbocycles. The van der Waals surface area contributed by atoms with Gasteiger partial charge in [-0.1, -0.05) is 72.3 Å². The van der Waals surface area contributed by atoms with Crippen LogP contribution in [0.5, 0.6) is 0 Å². The van der Waals surface area contributed by atoms with E-state index in [-0.39, 0.29) is 17.3 Å². The molecule has 2 heterocycles. The van der Waals surface area contributed by atoms with E-state index in [1.165, 1.54) is 29.4 Å². The Morgan fingerprint density at radius 3 is 2.42 bits per heavy atom. The molecule has 0 saturated carbocycles. The summed E-state index contributed by atoms with van der Waals surface area (Å²) >= 11 is 6.52. The van der Waals surface area contributed by atoms with Crippen LogP contribution >= 0.6 is 11.6 Å². The highest BCUT2D eigenvalue weighted by Gasteiger charge is 2.41. The first-order valence-electron chi connectivity index (χ1n) is 10.3. The fourth-order valence-corrected chi connectivity index (χ4v) is 4.59. The molecule has 0 radical (unpaired) electrons. The van der Waals surface area contributed by atoms with Gasteiger partial charge in [0.1, 0.15) is 11.9 Å². The number of para-hydroxylation sites is 1. The Bertz CT molecular complexity index is 1340. The van der Waals surface area contributed by atoms with Crippen LogP contribution in [0, 0.1) is 10.1 Å². The van der Waals surface area contributed by atoms with Gasteiger partial charge in [0, 0.05) is 11.1 Å². The van der Waals surface area contributed by atoms with E-state index in [0.29, 0.717) is 17.4 Å². The van der Waals surface area contributed by atoms with Gasteiger partial charge in [-0.25, -0.2) is 4.68 Å². The third-order valence-electron chi connectivity index (χ3n) is 5.82. The van der Waals surface area contributed by atoms with Crippen molar-refractivity contribution in [2.24, 2.45) is 0 Å². The number of anilines is 1. The number of carbonyl (C=O) groups is 1. The van der Waals surface area contributed by atoms with Crippen LogP contribution in [0.25, 0.3) is 0 Å². The molecule has 0 N–H and O–H groups in total. The van der Waals surface area contributed by atoms with Crippen LogP contribution in [-0.4, -0.2) is 25.6 Å². The van der Waals surface area contributed by atoms with E-state index >= 15 is 0 Å². The number of fused-ring (bicyclic) bond motifs is 1. The van der Waals surface area contributed by atoms with Gasteiger partial charge in [0.15, 0.2) is 0 Å². The second-order valence-electron chi connectivity index (χ2n) is 7.65. The lowest BCUT2D eigenvalue weighted by Crippen LogP contribution is -2.43. The summed E-state index contributed by atoms with van der Waals surface area (Å²) in [6.45, 7) is 0. The number of nitro benzene ring substituents is 1. The molecule has 1 amide bonds. The van der Waals surface area contributed by atoms with Crippen molar-refractivity contribution >= 4 is 29.1 Å². The fourth-order valence-electron chi connectivity index (χ4n) is 4.33. The van der Waals surface area contributed by atoms with Crippen LogP contribution in [0.3, 0.4) is 0 Å². The van der Waals surface area contributed by atoms with Gasteiger partial charge in [0.05, 0.1) is 17.0 Å². The Kier molecular flexibility index (Phi) is 5.35. The summed E-state index contributed by atoms with van der Waals surface area (Å²) in [4.78, 5) is 30.7. The number of benzene rings is 3. The Balaban J connectivity index is 1.69. The number of rotatable bonds is 4. The Morgan fingerprint density at radius 1 is 0.970 bits per heavy atom. The maximum absolute atomic E-state index is 13.8. The highest BCUT2D eigenvalue weighted by Crippen LogP contribution is 2.44. The van der Waals surface area contributed by atoms with E-state index in [0.717, 1.165) is 11.1 Å². The summed E-state index contributed by atoms with van der Waals surface area (Å²) in [6.07, 6.45) is 1.85. The Morgan fingerprint density at radius 2 is 1.67 bits per heavy atom. The minimum absolute atomic E-state index is 0.00539. The molecule has 33 heavy (non-hydrogen) atoms. The molecule has 0 spiro atoms. The van der Waals surface area contributed by atoms with Crippen LogP contribution in [0.15, 0.2) is 85.2 Å². The highest BCUT2D eigenvalue weighted by atomic mass is 35.5. The lowest BCUT2D eigenvalue weighted by Gasteiger charge is -2.39. The van der Waals surface area contributed by atoms with E-state index in [1.54, 1.807) is 10.7 Å². The average molecular weight is 460 g/mol. The quantitative estimate of drug-likeness (QED) is 0.308. The van der Waals surface area contributed by atoms with Crippen molar-refractivity contribution in [3.05, 3.63) is 117 Å². The van der Waals surface area contributed by atoms with Crippen molar-refractivity contribution in [1.82, 2.24) is 14.8 Å². The zero-order valence-corrected chi connectivity index (χ0v) is 18.0. The molecule has 2 atom stereocenters. The summed E-state index contributed by atoms with van der Waals surface area (Å²) in [5, 5.41) is 16.6. The molecule has 1 aromatic heterocycles. The highest BCUT2D eigenvalue weighted by molar-refractivity contribution is 6.31. The first kappa shape index (κ1) is 20.8. The predicted octanol–water partition coefficient (Wildman–Crippen LogP) is 5.22. The largest absolute Gasteiger partial charge is 0.282 e. The summed E-state index contributed by atoms with van der Waals surface area (Å²) in [5.74, 6) is -0.203. The van der Waals surface area contributed by atoms with Crippen molar-refractivity contribution in [2.45, 2.75) is 18.5 Å². The van der Waals surface area contributed by atoms with Crippen molar-refractivity contribution < 1.29 is 9.72 Å². The van der Waals surface area contributed by atoms with Crippen LogP contribution in [-0.2, 0) is 0 Å². The van der Waals surface area contributed by atoms with E-state index in [9.17, 15) is 14.9 Å². The molecule has 0 unspecified atom stereocenters. The number of hydrogen-bond acceptors (Lipinski definition) is 5. The number of amides is 1. The van der Waals surface area contributed by atoms with Gasteiger partial charge in [-0.3, -0.25) is 19.8 Å². The molecule has 1 aliphatic heterocycles. The summed E-state index contributed by atoms with van der Waals surface area (Å²) in [7, 11) is 0. The Labute approximate surface area is 194 Å². The third kappa shape index (κ3) is 3.64. The second kappa shape index (κ2) is 8.48. The number of nitrogens with zero attached hydrogens (tertiary/aromatic N) is 5. The number of nitro groups is 1. The van der Waals surface area contributed by atoms with E-state index in [1.807, 2.05) is 54.6 Å². The van der Waals surface area contributed by atoms with Gasteiger partial charge in [-0.2, -0.15) is 10.1 Å². The predicted molar refractivity (Wildman–Crippen MR) is 123 cm³/mol. The zero-order valence-electron chi connectivity index (χ0n) is 17.3. The lowest BCUT2D eigenvalue weighted by molar-refractivity contribution is -0.385. The standard InChI is InChI=1S/C24H18ClN5O3/c25-19-12-6-4-10-17(19)22-14-21(16-8-2-1-3-9-16)28(24-26-15-27-29(22)24)23(31)18-11-5-7-13-20(18)30(32)33/h1-13,15,21-22H,14H2/t21-,22-/m0/s1. The van der Waals surface area contributed by atoms with Crippen molar-refractivity contribution in [1.29, 1.82) is 0 Å². The van der Waals surface area contributed by atoms with Gasteiger partial charge in [-0.15, -0.1) is 0 Å². The van der Waals surface area contributed by atoms with E-state index < -0.39 is 16.9 Å². The SMILES string of the molecule is O=C(c1ccccc1[N+](=O)[O-])N1c2ncnn2[C@H](c2ccccc2Cl)C[C@H]1c1ccccc1. The summed E-state index contributed by atoms with van der Waals surface area (Å²) in [5.41, 5.74) is 1.49. The van der Waals surface area contributed by atoms with Crippen LogP contribution < -0.4 is 4.90 Å². The molecular formula is C24H18ClN5O3. The molecule has 5 rings (SSSR count). The van der Waals surface area contributed by atoms with Gasteiger partial charge in [0.2, 0.25) is 5.95 Å². The molecule has 164 valence electrons. The van der Waals surface area contributed by atoms with Crippen molar-refractivity contribution in [2.75, 3.05) is 4.90 Å². The third-order valence-corrected chi connectivity index (χ3v) is 6.17. The Hall–Kier alpha value is -4.04. The first-order valence-corrected chi connectivity index (χ1v) is 10.7. The zero-order chi connectivity index (χ0) is 22.9. The van der Waals surface area contributed by atoms with Crippen LogP contribution in [0.2, 0.25) is 5.02 Å². The maximum atomic E-state index is 13.8. The molecule has 0 fully saturated rings. The van der Waals surface area contributed by atoms with Gasteiger partial charge in [-0.05, 0) is 29.7 Å². The maximum Gasteiger partial charge on any atom is 0.282 e. The van der Waals surface area contributed by atoms with E-state index in [4.69, 9.17) is 11.6 Å². The normalized spacial score (nSPS) is 17.4. The smallest absolute Gasteiger partial charge is 0.269 e.